The van der Waals surface area contributed by atoms with E-state index in [4.69, 9.17) is 4.74 Å². The van der Waals surface area contributed by atoms with Gasteiger partial charge in [-0.2, -0.15) is 0 Å². The lowest BCUT2D eigenvalue weighted by Gasteiger charge is -1.97. The van der Waals surface area contributed by atoms with Crippen molar-refractivity contribution in [3.05, 3.63) is 21.8 Å². The SMILES string of the molecule is C/C=C/C=C(\I)C(=O)OCC. The first-order valence-electron chi connectivity index (χ1n) is 3.38. The van der Waals surface area contributed by atoms with Crippen molar-refractivity contribution >= 4 is 28.6 Å². The summed E-state index contributed by atoms with van der Waals surface area (Å²) >= 11 is 1.95. The van der Waals surface area contributed by atoms with Gasteiger partial charge in [0, 0.05) is 0 Å². The largest absolute Gasteiger partial charge is 0.462 e. The third-order valence-corrected chi connectivity index (χ3v) is 1.71. The van der Waals surface area contributed by atoms with E-state index in [1.807, 2.05) is 35.6 Å². The Morgan fingerprint density at radius 1 is 1.64 bits per heavy atom. The number of carbonyl (C=O) groups excluding carboxylic acids is 1. The lowest BCUT2D eigenvalue weighted by Crippen LogP contribution is -2.02. The number of hydrogen-bond donors (Lipinski definition) is 0. The number of allylic oxidation sites excluding steroid dienone is 3. The number of halogens is 1. The molecule has 62 valence electrons. The minimum atomic E-state index is -0.258. The summed E-state index contributed by atoms with van der Waals surface area (Å²) in [6.07, 6.45) is 5.38. The molecule has 11 heavy (non-hydrogen) atoms. The Labute approximate surface area is 80.5 Å². The molecule has 0 atom stereocenters. The first-order valence-corrected chi connectivity index (χ1v) is 4.45. The van der Waals surface area contributed by atoms with Crippen molar-refractivity contribution in [2.24, 2.45) is 0 Å². The minimum absolute atomic E-state index is 0.258. The Morgan fingerprint density at radius 3 is 2.73 bits per heavy atom. The van der Waals surface area contributed by atoms with Crippen LogP contribution < -0.4 is 0 Å². The summed E-state index contributed by atoms with van der Waals surface area (Å²) in [6, 6.07) is 0. The summed E-state index contributed by atoms with van der Waals surface area (Å²) in [4.78, 5) is 10.9. The fraction of sp³-hybridized carbons (Fsp3) is 0.375. The molecule has 0 aromatic carbocycles. The van der Waals surface area contributed by atoms with Crippen LogP contribution in [0, 0.1) is 0 Å². The molecule has 0 aliphatic carbocycles. The topological polar surface area (TPSA) is 26.3 Å². The van der Waals surface area contributed by atoms with Gasteiger partial charge in [-0.3, -0.25) is 0 Å². The second-order valence-electron chi connectivity index (χ2n) is 1.76. The van der Waals surface area contributed by atoms with Gasteiger partial charge in [-0.05, 0) is 42.5 Å². The quantitative estimate of drug-likeness (QED) is 0.339. The normalized spacial score (nSPS) is 12.1. The average Bonchev–Trinajstić information content (AvgIpc) is 2.00. The maximum Gasteiger partial charge on any atom is 0.344 e. The predicted octanol–water partition coefficient (Wildman–Crippen LogP) is 2.44. The van der Waals surface area contributed by atoms with Crippen LogP contribution in [-0.4, -0.2) is 12.6 Å². The highest BCUT2D eigenvalue weighted by atomic mass is 127. The van der Waals surface area contributed by atoms with E-state index in [0.29, 0.717) is 10.2 Å². The fourth-order valence-electron chi connectivity index (χ4n) is 0.449. The highest BCUT2D eigenvalue weighted by molar-refractivity contribution is 14.1. The van der Waals surface area contributed by atoms with Gasteiger partial charge in [-0.15, -0.1) is 0 Å². The zero-order chi connectivity index (χ0) is 8.69. The zero-order valence-electron chi connectivity index (χ0n) is 6.63. The molecule has 0 spiro atoms. The summed E-state index contributed by atoms with van der Waals surface area (Å²) in [7, 11) is 0. The van der Waals surface area contributed by atoms with Gasteiger partial charge in [0.2, 0.25) is 0 Å². The molecule has 0 radical (unpaired) electrons. The zero-order valence-corrected chi connectivity index (χ0v) is 8.79. The third kappa shape index (κ3) is 5.01. The highest BCUT2D eigenvalue weighted by Crippen LogP contribution is 2.07. The maximum atomic E-state index is 10.9. The van der Waals surface area contributed by atoms with Crippen LogP contribution >= 0.6 is 22.6 Å². The van der Waals surface area contributed by atoms with Crippen LogP contribution in [0.1, 0.15) is 13.8 Å². The standard InChI is InChI=1S/C8H11IO2/c1-3-5-6-7(9)8(10)11-4-2/h3,5-6H,4H2,1-2H3/b5-3+,7-6-. The molecule has 2 nitrogen and oxygen atoms in total. The van der Waals surface area contributed by atoms with E-state index in [0.717, 1.165) is 0 Å². The highest BCUT2D eigenvalue weighted by Gasteiger charge is 2.03. The number of ether oxygens (including phenoxy) is 1. The van der Waals surface area contributed by atoms with Gasteiger partial charge in [0.1, 0.15) is 0 Å². The van der Waals surface area contributed by atoms with Crippen LogP contribution in [0.2, 0.25) is 0 Å². The smallest absolute Gasteiger partial charge is 0.344 e. The summed E-state index contributed by atoms with van der Waals surface area (Å²) in [6.45, 7) is 4.11. The number of esters is 1. The van der Waals surface area contributed by atoms with E-state index in [9.17, 15) is 4.79 Å². The van der Waals surface area contributed by atoms with Gasteiger partial charge in [0.25, 0.3) is 0 Å². The first kappa shape index (κ1) is 10.7. The number of carbonyl (C=O) groups is 1. The molecule has 0 rings (SSSR count). The molecule has 0 fully saturated rings. The van der Waals surface area contributed by atoms with E-state index in [1.165, 1.54) is 0 Å². The number of rotatable bonds is 3. The van der Waals surface area contributed by atoms with Gasteiger partial charge < -0.3 is 4.74 Å². The molecular formula is C8H11IO2. The van der Waals surface area contributed by atoms with Gasteiger partial charge >= 0.3 is 5.97 Å². The minimum Gasteiger partial charge on any atom is -0.462 e. The third-order valence-electron chi connectivity index (χ3n) is 0.905. The molecule has 0 bridgehead atoms. The first-order chi connectivity index (χ1) is 5.22. The second kappa shape index (κ2) is 6.39. The number of hydrogen-bond acceptors (Lipinski definition) is 2. The van der Waals surface area contributed by atoms with Crippen molar-refractivity contribution in [2.45, 2.75) is 13.8 Å². The molecule has 0 amide bonds. The van der Waals surface area contributed by atoms with E-state index in [1.54, 1.807) is 19.1 Å². The van der Waals surface area contributed by atoms with Crippen molar-refractivity contribution in [3.8, 4) is 0 Å². The van der Waals surface area contributed by atoms with Gasteiger partial charge in [-0.25, -0.2) is 4.79 Å². The van der Waals surface area contributed by atoms with Crippen LogP contribution in [0.15, 0.2) is 21.8 Å². The van der Waals surface area contributed by atoms with Crippen molar-refractivity contribution < 1.29 is 9.53 Å². The van der Waals surface area contributed by atoms with Gasteiger partial charge in [0.05, 0.1) is 10.2 Å². The molecule has 0 saturated carbocycles. The Balaban J connectivity index is 4.00. The molecule has 0 saturated heterocycles. The average molecular weight is 266 g/mol. The van der Waals surface area contributed by atoms with Gasteiger partial charge in [0.15, 0.2) is 0 Å². The Kier molecular flexibility index (Phi) is 6.21. The van der Waals surface area contributed by atoms with Crippen molar-refractivity contribution in [2.75, 3.05) is 6.61 Å². The molecule has 0 aromatic rings. The van der Waals surface area contributed by atoms with E-state index in [-0.39, 0.29) is 5.97 Å². The summed E-state index contributed by atoms with van der Waals surface area (Å²) in [5, 5.41) is 0. The van der Waals surface area contributed by atoms with Gasteiger partial charge in [-0.1, -0.05) is 12.2 Å². The van der Waals surface area contributed by atoms with E-state index in [2.05, 4.69) is 0 Å². The maximum absolute atomic E-state index is 10.9. The van der Waals surface area contributed by atoms with Crippen molar-refractivity contribution in [3.63, 3.8) is 0 Å². The van der Waals surface area contributed by atoms with Crippen LogP contribution in [0.25, 0.3) is 0 Å². The lowest BCUT2D eigenvalue weighted by atomic mass is 10.4. The molecule has 0 N–H and O–H groups in total. The predicted molar refractivity (Wildman–Crippen MR) is 53.6 cm³/mol. The van der Waals surface area contributed by atoms with Crippen LogP contribution in [0.5, 0.6) is 0 Å². The van der Waals surface area contributed by atoms with Crippen LogP contribution in [-0.2, 0) is 9.53 Å². The van der Waals surface area contributed by atoms with E-state index < -0.39 is 0 Å². The lowest BCUT2D eigenvalue weighted by molar-refractivity contribution is -0.137. The fourth-order valence-corrected chi connectivity index (χ4v) is 0.812. The Bertz CT molecular complexity index is 183. The molecule has 0 aliphatic heterocycles. The second-order valence-corrected chi connectivity index (χ2v) is 2.92. The summed E-state index contributed by atoms with van der Waals surface area (Å²) < 4.78 is 5.35. The molecule has 0 aromatic heterocycles. The monoisotopic (exact) mass is 266 g/mol. The molecule has 0 heterocycles. The van der Waals surface area contributed by atoms with Crippen LogP contribution in [0.4, 0.5) is 0 Å². The summed E-state index contributed by atoms with van der Waals surface area (Å²) in [5.74, 6) is -0.258. The Morgan fingerprint density at radius 2 is 2.27 bits per heavy atom. The molecule has 3 heteroatoms. The Hall–Kier alpha value is -0.320. The molecule has 0 unspecified atom stereocenters. The molecular weight excluding hydrogens is 255 g/mol. The van der Waals surface area contributed by atoms with Crippen molar-refractivity contribution in [1.29, 1.82) is 0 Å². The summed E-state index contributed by atoms with van der Waals surface area (Å²) in [5.41, 5.74) is 0. The van der Waals surface area contributed by atoms with E-state index >= 15 is 0 Å². The van der Waals surface area contributed by atoms with Crippen molar-refractivity contribution in [1.82, 2.24) is 0 Å². The van der Waals surface area contributed by atoms with Crippen LogP contribution in [0.3, 0.4) is 0 Å². The molecule has 0 aliphatic rings.